The summed E-state index contributed by atoms with van der Waals surface area (Å²) in [6.07, 6.45) is 2.07. The minimum Gasteiger partial charge on any atom is -0.497 e. The number of ether oxygens (including phenoxy) is 4. The molecule has 2 rings (SSSR count). The third-order valence-electron chi connectivity index (χ3n) is 3.44. The van der Waals surface area contributed by atoms with Crippen LogP contribution in [0.3, 0.4) is 0 Å². The summed E-state index contributed by atoms with van der Waals surface area (Å²) in [6.45, 7) is 0. The first-order valence-corrected chi connectivity index (χ1v) is 8.93. The Hall–Kier alpha value is -1.41. The van der Waals surface area contributed by atoms with Gasteiger partial charge in [0.05, 0.1) is 32.9 Å². The number of benzene rings is 2. The molecule has 0 radical (unpaired) electrons. The van der Waals surface area contributed by atoms with Crippen LogP contribution < -0.4 is 18.9 Å². The van der Waals surface area contributed by atoms with Gasteiger partial charge in [-0.25, -0.2) is 0 Å². The summed E-state index contributed by atoms with van der Waals surface area (Å²) < 4.78 is 23.4. The molecule has 0 aliphatic carbocycles. The molecule has 2 aromatic rings. The van der Waals surface area contributed by atoms with Gasteiger partial charge in [0.1, 0.15) is 5.75 Å². The normalized spacial score (nSPS) is 11.2. The molecule has 0 spiro atoms. The maximum atomic E-state index is 5.48. The van der Waals surface area contributed by atoms with E-state index in [1.165, 1.54) is 0 Å². The van der Waals surface area contributed by atoms with Crippen LogP contribution in [0.1, 0.15) is 11.1 Å². The van der Waals surface area contributed by atoms with Crippen LogP contribution in [0.5, 0.6) is 23.0 Å². The van der Waals surface area contributed by atoms with Gasteiger partial charge in [0, 0.05) is 9.14 Å². The van der Waals surface area contributed by atoms with Crippen LogP contribution in [0.2, 0.25) is 0 Å². The Kier molecular flexibility index (Phi) is 6.79. The molecule has 0 aliphatic rings. The van der Waals surface area contributed by atoms with Gasteiger partial charge in [-0.05, 0) is 68.4 Å². The molecule has 24 heavy (non-hydrogen) atoms. The lowest BCUT2D eigenvalue weighted by Crippen LogP contribution is -1.98. The minimum absolute atomic E-state index is 0.560. The first kappa shape index (κ1) is 18.9. The zero-order valence-corrected chi connectivity index (χ0v) is 17.6. The molecule has 0 amide bonds. The van der Waals surface area contributed by atoms with Crippen LogP contribution in [-0.4, -0.2) is 28.4 Å². The van der Waals surface area contributed by atoms with Crippen LogP contribution in [0, 0.1) is 0 Å². The highest BCUT2D eigenvalue weighted by molar-refractivity contribution is 14.1. The van der Waals surface area contributed by atoms with Crippen molar-refractivity contribution in [2.24, 2.45) is 0 Å². The van der Waals surface area contributed by atoms with E-state index in [1.54, 1.807) is 28.4 Å². The highest BCUT2D eigenvalue weighted by Gasteiger charge is 2.20. The van der Waals surface area contributed by atoms with E-state index in [9.17, 15) is 0 Å². The fourth-order valence-electron chi connectivity index (χ4n) is 2.22. The molecule has 2 aromatic carbocycles. The van der Waals surface area contributed by atoms with Gasteiger partial charge >= 0.3 is 0 Å². The van der Waals surface area contributed by atoms with Gasteiger partial charge in [0.25, 0.3) is 0 Å². The fraction of sp³-hybridized carbons (Fsp3) is 0.222. The lowest BCUT2D eigenvalue weighted by atomic mass is 10.1. The third-order valence-corrected chi connectivity index (χ3v) is 5.12. The fourth-order valence-corrected chi connectivity index (χ4v) is 4.04. The summed E-state index contributed by atoms with van der Waals surface area (Å²) in [5.41, 5.74) is 2.03. The van der Waals surface area contributed by atoms with E-state index < -0.39 is 0 Å². The predicted octanol–water partition coefficient (Wildman–Crippen LogP) is 5.42. The molecule has 4 nitrogen and oxygen atoms in total. The van der Waals surface area contributed by atoms with Crippen molar-refractivity contribution >= 4 is 48.2 Å². The third kappa shape index (κ3) is 3.97. The van der Waals surface area contributed by atoms with Crippen molar-refractivity contribution in [1.82, 2.24) is 0 Å². The largest absolute Gasteiger partial charge is 0.497 e. The molecule has 0 bridgehead atoms. The van der Waals surface area contributed by atoms with Crippen molar-refractivity contribution in [3.8, 4) is 23.0 Å². The minimum atomic E-state index is 0.560. The molecule has 0 aromatic heterocycles. The second kappa shape index (κ2) is 8.62. The molecule has 0 saturated carbocycles. The van der Waals surface area contributed by atoms with E-state index >= 15 is 0 Å². The van der Waals surface area contributed by atoms with E-state index in [4.69, 9.17) is 18.9 Å². The van der Waals surface area contributed by atoms with Crippen LogP contribution in [0.4, 0.5) is 0 Å². The zero-order chi connectivity index (χ0) is 17.7. The van der Waals surface area contributed by atoms with Gasteiger partial charge in [-0.2, -0.15) is 0 Å². The first-order chi connectivity index (χ1) is 11.5. The molecular formula is C18H18BrIO4. The second-order valence-corrected chi connectivity index (χ2v) is 6.73. The average molecular weight is 505 g/mol. The van der Waals surface area contributed by atoms with Crippen LogP contribution in [0.15, 0.2) is 34.8 Å². The molecule has 0 heterocycles. The van der Waals surface area contributed by atoms with E-state index in [-0.39, 0.29) is 0 Å². The van der Waals surface area contributed by atoms with E-state index in [1.807, 2.05) is 30.3 Å². The van der Waals surface area contributed by atoms with Gasteiger partial charge in [0.2, 0.25) is 5.75 Å². The highest BCUT2D eigenvalue weighted by Crippen LogP contribution is 2.47. The van der Waals surface area contributed by atoms with Gasteiger partial charge in [0.15, 0.2) is 11.5 Å². The highest BCUT2D eigenvalue weighted by atomic mass is 127. The molecule has 0 fully saturated rings. The SMILES string of the molecule is COc1ccc(/C=C(/I)c2cc(OC)c(OC)c(OC)c2Br)cc1. The predicted molar refractivity (Wildman–Crippen MR) is 109 cm³/mol. The number of hydrogen-bond donors (Lipinski definition) is 0. The summed E-state index contributed by atoms with van der Waals surface area (Å²) in [6, 6.07) is 9.79. The molecule has 128 valence electrons. The Morgan fingerprint density at radius 3 is 2.04 bits per heavy atom. The molecule has 0 saturated heterocycles. The van der Waals surface area contributed by atoms with Crippen LogP contribution >= 0.6 is 38.5 Å². The average Bonchev–Trinajstić information content (AvgIpc) is 2.61. The molecule has 6 heteroatoms. The topological polar surface area (TPSA) is 36.9 Å². The van der Waals surface area contributed by atoms with E-state index in [2.05, 4.69) is 44.6 Å². The van der Waals surface area contributed by atoms with Crippen LogP contribution in [-0.2, 0) is 0 Å². The quantitative estimate of drug-likeness (QED) is 0.389. The number of rotatable bonds is 6. The van der Waals surface area contributed by atoms with Crippen molar-refractivity contribution in [1.29, 1.82) is 0 Å². The molecule has 0 atom stereocenters. The van der Waals surface area contributed by atoms with E-state index in [0.29, 0.717) is 17.2 Å². The lowest BCUT2D eigenvalue weighted by Gasteiger charge is -2.16. The number of halogens is 2. The molecule has 0 N–H and O–H groups in total. The van der Waals surface area contributed by atoms with Gasteiger partial charge in [-0.1, -0.05) is 12.1 Å². The zero-order valence-electron chi connectivity index (χ0n) is 13.9. The first-order valence-electron chi connectivity index (χ1n) is 7.05. The lowest BCUT2D eigenvalue weighted by molar-refractivity contribution is 0.323. The Labute approximate surface area is 164 Å². The molecule has 0 unspecified atom stereocenters. The van der Waals surface area contributed by atoms with Gasteiger partial charge < -0.3 is 18.9 Å². The Morgan fingerprint density at radius 1 is 0.917 bits per heavy atom. The van der Waals surface area contributed by atoms with Gasteiger partial charge in [-0.3, -0.25) is 0 Å². The monoisotopic (exact) mass is 504 g/mol. The molecular weight excluding hydrogens is 487 g/mol. The summed E-state index contributed by atoms with van der Waals surface area (Å²) >= 11 is 5.90. The van der Waals surface area contributed by atoms with E-state index in [0.717, 1.165) is 24.9 Å². The summed E-state index contributed by atoms with van der Waals surface area (Å²) in [7, 11) is 6.45. The summed E-state index contributed by atoms with van der Waals surface area (Å²) in [4.78, 5) is 0. The standard InChI is InChI=1S/C18H18BrIO4/c1-21-12-7-5-11(6-8-12)9-14(20)13-10-15(22-2)17(23-3)18(24-4)16(13)19/h5-10H,1-4H3/b14-9+. The summed E-state index contributed by atoms with van der Waals surface area (Å²) in [5.74, 6) is 2.61. The molecule has 0 aliphatic heterocycles. The second-order valence-electron chi connectivity index (χ2n) is 4.77. The van der Waals surface area contributed by atoms with Crippen molar-refractivity contribution in [3.05, 3.63) is 45.9 Å². The van der Waals surface area contributed by atoms with Gasteiger partial charge in [-0.15, -0.1) is 0 Å². The summed E-state index contributed by atoms with van der Waals surface area (Å²) in [5, 5.41) is 0. The Bertz CT molecular complexity index is 742. The number of methoxy groups -OCH3 is 4. The smallest absolute Gasteiger partial charge is 0.204 e. The maximum absolute atomic E-state index is 5.48. The Morgan fingerprint density at radius 2 is 1.54 bits per heavy atom. The van der Waals surface area contributed by atoms with Crippen molar-refractivity contribution in [2.75, 3.05) is 28.4 Å². The maximum Gasteiger partial charge on any atom is 0.204 e. The van der Waals surface area contributed by atoms with Crippen LogP contribution in [0.25, 0.3) is 9.66 Å². The van der Waals surface area contributed by atoms with Crippen molar-refractivity contribution < 1.29 is 18.9 Å². The number of hydrogen-bond acceptors (Lipinski definition) is 4. The van der Waals surface area contributed by atoms with Crippen molar-refractivity contribution in [3.63, 3.8) is 0 Å². The Balaban J connectivity index is 2.51. The van der Waals surface area contributed by atoms with Crippen molar-refractivity contribution in [2.45, 2.75) is 0 Å².